The lowest BCUT2D eigenvalue weighted by atomic mass is 9.97. The van der Waals surface area contributed by atoms with Crippen LogP contribution in [0.5, 0.6) is 0 Å². The first-order valence-corrected chi connectivity index (χ1v) is 11.5. The third kappa shape index (κ3) is 4.33. The lowest BCUT2D eigenvalue weighted by Crippen LogP contribution is -2.25. The summed E-state index contributed by atoms with van der Waals surface area (Å²) < 4.78 is 2.44. The minimum absolute atomic E-state index is 0.0567. The van der Waals surface area contributed by atoms with Crippen molar-refractivity contribution in [1.82, 2.24) is 19.4 Å². The molecule has 0 saturated carbocycles. The van der Waals surface area contributed by atoms with E-state index < -0.39 is 11.8 Å². The van der Waals surface area contributed by atoms with Crippen LogP contribution >= 0.6 is 34.8 Å². The SMILES string of the molecule is O=c1n(C[C@H](O)c2cccc(Cl)c2)nc2c(-c3ccc(Cl)cc3)c(-c3ccc(Cl)cc3)cnn12. The summed E-state index contributed by atoms with van der Waals surface area (Å²) in [7, 11) is 0. The number of hydrogen-bond donors (Lipinski definition) is 1. The summed E-state index contributed by atoms with van der Waals surface area (Å²) in [6, 6.07) is 21.5. The van der Waals surface area contributed by atoms with E-state index in [1.54, 1.807) is 54.7 Å². The molecule has 0 saturated heterocycles. The van der Waals surface area contributed by atoms with Crippen molar-refractivity contribution in [3.63, 3.8) is 0 Å². The fourth-order valence-corrected chi connectivity index (χ4v) is 4.26. The molecule has 0 aliphatic carbocycles. The van der Waals surface area contributed by atoms with Gasteiger partial charge in [-0.1, -0.05) is 71.2 Å². The fraction of sp³-hybridized carbons (Fsp3) is 0.0800. The van der Waals surface area contributed by atoms with Crippen LogP contribution in [0.15, 0.2) is 83.8 Å². The zero-order chi connectivity index (χ0) is 23.8. The van der Waals surface area contributed by atoms with Gasteiger partial charge in [-0.3, -0.25) is 0 Å². The number of benzene rings is 3. The Morgan fingerprint density at radius 2 is 1.50 bits per heavy atom. The Balaban J connectivity index is 1.67. The maximum atomic E-state index is 13.1. The maximum absolute atomic E-state index is 13.1. The Kier molecular flexibility index (Phi) is 6.15. The number of aromatic nitrogens is 4. The molecule has 0 unspecified atom stereocenters. The minimum Gasteiger partial charge on any atom is -0.386 e. The average Bonchev–Trinajstić information content (AvgIpc) is 3.15. The molecule has 0 spiro atoms. The molecule has 1 atom stereocenters. The summed E-state index contributed by atoms with van der Waals surface area (Å²) in [5.74, 6) is 0. The van der Waals surface area contributed by atoms with Crippen molar-refractivity contribution in [1.29, 1.82) is 0 Å². The Labute approximate surface area is 209 Å². The summed E-state index contributed by atoms with van der Waals surface area (Å²) in [6.45, 7) is -0.0567. The van der Waals surface area contributed by atoms with E-state index in [2.05, 4.69) is 10.2 Å². The van der Waals surface area contributed by atoms with Crippen LogP contribution in [0.3, 0.4) is 0 Å². The van der Waals surface area contributed by atoms with Crippen LogP contribution < -0.4 is 5.69 Å². The molecular weight excluding hydrogens is 495 g/mol. The van der Waals surface area contributed by atoms with Crippen molar-refractivity contribution in [2.24, 2.45) is 0 Å². The first kappa shape index (κ1) is 22.6. The van der Waals surface area contributed by atoms with Gasteiger partial charge in [0, 0.05) is 26.2 Å². The van der Waals surface area contributed by atoms with Crippen LogP contribution in [0.1, 0.15) is 11.7 Å². The molecule has 2 aromatic heterocycles. The van der Waals surface area contributed by atoms with Gasteiger partial charge in [-0.25, -0.2) is 9.48 Å². The first-order chi connectivity index (χ1) is 16.4. The summed E-state index contributed by atoms with van der Waals surface area (Å²) in [5, 5.41) is 21.3. The minimum atomic E-state index is -0.976. The number of fused-ring (bicyclic) bond motifs is 1. The van der Waals surface area contributed by atoms with Gasteiger partial charge in [0.1, 0.15) is 0 Å². The van der Waals surface area contributed by atoms with Crippen molar-refractivity contribution >= 4 is 40.4 Å². The van der Waals surface area contributed by atoms with Crippen molar-refractivity contribution in [3.8, 4) is 22.3 Å². The predicted octanol–water partition coefficient (Wildman–Crippen LogP) is 5.92. The van der Waals surface area contributed by atoms with E-state index >= 15 is 0 Å². The van der Waals surface area contributed by atoms with Crippen LogP contribution in [0.2, 0.25) is 15.1 Å². The van der Waals surface area contributed by atoms with E-state index in [0.717, 1.165) is 16.7 Å². The molecular formula is C25H17Cl3N4O2. The topological polar surface area (TPSA) is 72.4 Å². The first-order valence-electron chi connectivity index (χ1n) is 10.3. The highest BCUT2D eigenvalue weighted by molar-refractivity contribution is 6.31. The van der Waals surface area contributed by atoms with Crippen LogP contribution in [-0.2, 0) is 6.54 Å². The normalized spacial score (nSPS) is 12.2. The maximum Gasteiger partial charge on any atom is 0.367 e. The molecule has 5 aromatic rings. The Bertz CT molecular complexity index is 1540. The van der Waals surface area contributed by atoms with Crippen LogP contribution in [0.4, 0.5) is 0 Å². The summed E-state index contributed by atoms with van der Waals surface area (Å²) in [6.07, 6.45) is 0.650. The molecule has 0 amide bonds. The number of aliphatic hydroxyl groups is 1. The van der Waals surface area contributed by atoms with E-state index in [1.165, 1.54) is 9.20 Å². The molecule has 2 heterocycles. The predicted molar refractivity (Wildman–Crippen MR) is 135 cm³/mol. The summed E-state index contributed by atoms with van der Waals surface area (Å²) in [5.41, 5.74) is 3.65. The van der Waals surface area contributed by atoms with Crippen molar-refractivity contribution < 1.29 is 5.11 Å². The molecule has 0 fully saturated rings. The van der Waals surface area contributed by atoms with E-state index in [9.17, 15) is 9.90 Å². The monoisotopic (exact) mass is 510 g/mol. The standard InChI is InChI=1S/C25H17Cl3N4O2/c26-18-8-4-15(5-9-18)21-13-29-32-24(23(21)16-6-10-19(27)11-7-16)30-31(25(32)34)14-22(33)17-2-1-3-20(28)12-17/h1-13,22,33H,14H2/t22-/m0/s1. The van der Waals surface area contributed by atoms with Crippen molar-refractivity contribution in [2.75, 3.05) is 0 Å². The Morgan fingerprint density at radius 1 is 0.853 bits per heavy atom. The second-order valence-corrected chi connectivity index (χ2v) is 9.03. The molecule has 0 aliphatic heterocycles. The fourth-order valence-electron chi connectivity index (χ4n) is 3.81. The van der Waals surface area contributed by atoms with Gasteiger partial charge in [0.2, 0.25) is 0 Å². The largest absolute Gasteiger partial charge is 0.386 e. The highest BCUT2D eigenvalue weighted by atomic mass is 35.5. The van der Waals surface area contributed by atoms with Gasteiger partial charge in [0.05, 0.1) is 18.8 Å². The van der Waals surface area contributed by atoms with Gasteiger partial charge >= 0.3 is 5.69 Å². The number of hydrogen-bond acceptors (Lipinski definition) is 4. The second-order valence-electron chi connectivity index (χ2n) is 7.72. The van der Waals surface area contributed by atoms with Crippen molar-refractivity contribution in [3.05, 3.63) is 110 Å². The molecule has 3 aromatic carbocycles. The number of rotatable bonds is 5. The lowest BCUT2D eigenvalue weighted by molar-refractivity contribution is 0.150. The lowest BCUT2D eigenvalue weighted by Gasteiger charge is -2.11. The van der Waals surface area contributed by atoms with Gasteiger partial charge in [-0.05, 0) is 53.1 Å². The highest BCUT2D eigenvalue weighted by Crippen LogP contribution is 2.35. The third-order valence-electron chi connectivity index (χ3n) is 5.48. The Morgan fingerprint density at radius 3 is 2.15 bits per heavy atom. The molecule has 0 aliphatic rings. The van der Waals surface area contributed by atoms with Crippen LogP contribution in [-0.4, -0.2) is 24.5 Å². The van der Waals surface area contributed by atoms with Gasteiger partial charge in [-0.2, -0.15) is 9.61 Å². The molecule has 0 bridgehead atoms. The van der Waals surface area contributed by atoms with E-state index in [4.69, 9.17) is 34.8 Å². The van der Waals surface area contributed by atoms with E-state index in [-0.39, 0.29) is 6.54 Å². The second kappa shape index (κ2) is 9.24. The number of nitrogens with zero attached hydrogens (tertiary/aromatic N) is 4. The Hall–Kier alpha value is -3.16. The number of aliphatic hydroxyl groups excluding tert-OH is 1. The molecule has 34 heavy (non-hydrogen) atoms. The van der Waals surface area contributed by atoms with E-state index in [0.29, 0.717) is 31.8 Å². The molecule has 170 valence electrons. The molecule has 1 N–H and O–H groups in total. The van der Waals surface area contributed by atoms with Crippen LogP contribution in [0, 0.1) is 0 Å². The zero-order valence-electron chi connectivity index (χ0n) is 17.6. The van der Waals surface area contributed by atoms with Gasteiger partial charge in [0.15, 0.2) is 5.65 Å². The van der Waals surface area contributed by atoms with Gasteiger partial charge < -0.3 is 5.11 Å². The summed E-state index contributed by atoms with van der Waals surface area (Å²) >= 11 is 18.2. The van der Waals surface area contributed by atoms with Gasteiger partial charge in [-0.15, -0.1) is 5.10 Å². The number of halogens is 3. The molecule has 6 nitrogen and oxygen atoms in total. The quantitative estimate of drug-likeness (QED) is 0.318. The molecule has 0 radical (unpaired) electrons. The third-order valence-corrected chi connectivity index (χ3v) is 6.22. The van der Waals surface area contributed by atoms with Gasteiger partial charge in [0.25, 0.3) is 0 Å². The smallest absolute Gasteiger partial charge is 0.367 e. The van der Waals surface area contributed by atoms with Crippen molar-refractivity contribution in [2.45, 2.75) is 12.6 Å². The summed E-state index contributed by atoms with van der Waals surface area (Å²) in [4.78, 5) is 13.1. The molecule has 5 rings (SSSR count). The average molecular weight is 512 g/mol. The van der Waals surface area contributed by atoms with E-state index in [1.807, 2.05) is 24.3 Å². The molecule has 9 heteroatoms. The zero-order valence-corrected chi connectivity index (χ0v) is 19.8. The highest BCUT2D eigenvalue weighted by Gasteiger charge is 2.20. The van der Waals surface area contributed by atoms with Crippen LogP contribution in [0.25, 0.3) is 27.9 Å².